The smallest absolute Gasteiger partial charge is 0.160 e. The zero-order chi connectivity index (χ0) is 11.8. The average Bonchev–Trinajstić information content (AvgIpc) is 2.69. The van der Waals surface area contributed by atoms with Gasteiger partial charge in [0.05, 0.1) is 21.9 Å². The van der Waals surface area contributed by atoms with Gasteiger partial charge < -0.3 is 5.73 Å². The predicted octanol–water partition coefficient (Wildman–Crippen LogP) is 2.16. The van der Waals surface area contributed by atoms with E-state index < -0.39 is 0 Å². The summed E-state index contributed by atoms with van der Waals surface area (Å²) in [5.41, 5.74) is 7.39. The van der Waals surface area contributed by atoms with Gasteiger partial charge in [-0.2, -0.15) is 10.2 Å². The van der Waals surface area contributed by atoms with Crippen LogP contribution in [0.2, 0.25) is 0 Å². The fourth-order valence-corrected chi connectivity index (χ4v) is 1.94. The minimum Gasteiger partial charge on any atom is -0.381 e. The molecule has 0 amide bonds. The zero-order valence-corrected chi connectivity index (χ0v) is 10.3. The highest BCUT2D eigenvalue weighted by Gasteiger charge is 2.08. The topological polar surface area (TPSA) is 69.6 Å². The Balaban J connectivity index is 2.30. The average molecular weight is 290 g/mol. The second-order valence-electron chi connectivity index (χ2n) is 3.55. The molecule has 5 nitrogen and oxygen atoms in total. The monoisotopic (exact) mass is 289 g/mol. The van der Waals surface area contributed by atoms with E-state index in [4.69, 9.17) is 5.73 Å². The van der Waals surface area contributed by atoms with Gasteiger partial charge in [0.25, 0.3) is 0 Å². The third-order valence-electron chi connectivity index (χ3n) is 2.47. The largest absolute Gasteiger partial charge is 0.381 e. The molecule has 0 unspecified atom stereocenters. The summed E-state index contributed by atoms with van der Waals surface area (Å²) in [5.74, 6) is 0.450. The third kappa shape index (κ3) is 1.66. The molecule has 17 heavy (non-hydrogen) atoms. The Labute approximate surface area is 105 Å². The number of nitrogens with zero attached hydrogens (tertiary/aromatic N) is 4. The van der Waals surface area contributed by atoms with Crippen molar-refractivity contribution >= 4 is 32.7 Å². The van der Waals surface area contributed by atoms with Gasteiger partial charge in [-0.1, -0.05) is 18.2 Å². The highest BCUT2D eigenvalue weighted by molar-refractivity contribution is 9.10. The number of nitrogens with two attached hydrogens (primary N) is 1. The first kappa shape index (κ1) is 10.2. The fourth-order valence-electron chi connectivity index (χ4n) is 1.66. The Morgan fingerprint density at radius 2 is 2.06 bits per heavy atom. The standard InChI is InChI=1S/C11H8BrN5/c12-8-6-17(16-11(8)13)10-5-14-15-9-4-2-1-3-7(9)10/h1-6H,(H2,13,16). The lowest BCUT2D eigenvalue weighted by Gasteiger charge is -2.03. The van der Waals surface area contributed by atoms with E-state index in [9.17, 15) is 0 Å². The van der Waals surface area contributed by atoms with Crippen molar-refractivity contribution in [3.05, 3.63) is 41.1 Å². The van der Waals surface area contributed by atoms with E-state index in [0.717, 1.165) is 21.1 Å². The van der Waals surface area contributed by atoms with Crippen molar-refractivity contribution in [3.63, 3.8) is 0 Å². The van der Waals surface area contributed by atoms with E-state index in [0.29, 0.717) is 5.82 Å². The van der Waals surface area contributed by atoms with Crippen LogP contribution in [0.5, 0.6) is 0 Å². The van der Waals surface area contributed by atoms with E-state index in [2.05, 4.69) is 31.2 Å². The summed E-state index contributed by atoms with van der Waals surface area (Å²) in [4.78, 5) is 0. The number of fused-ring (bicyclic) bond motifs is 1. The van der Waals surface area contributed by atoms with Crippen molar-refractivity contribution in [2.24, 2.45) is 0 Å². The van der Waals surface area contributed by atoms with Gasteiger partial charge in [0, 0.05) is 11.6 Å². The molecule has 6 heteroatoms. The summed E-state index contributed by atoms with van der Waals surface area (Å²) in [7, 11) is 0. The lowest BCUT2D eigenvalue weighted by Crippen LogP contribution is -1.99. The molecule has 0 atom stereocenters. The van der Waals surface area contributed by atoms with E-state index in [1.807, 2.05) is 24.3 Å². The Morgan fingerprint density at radius 3 is 2.82 bits per heavy atom. The van der Waals surface area contributed by atoms with Crippen molar-refractivity contribution in [3.8, 4) is 5.69 Å². The summed E-state index contributed by atoms with van der Waals surface area (Å²) < 4.78 is 2.45. The molecule has 0 saturated carbocycles. The van der Waals surface area contributed by atoms with Crippen molar-refractivity contribution in [2.45, 2.75) is 0 Å². The van der Waals surface area contributed by atoms with Crippen LogP contribution < -0.4 is 5.73 Å². The first-order valence-corrected chi connectivity index (χ1v) is 5.76. The fraction of sp³-hybridized carbons (Fsp3) is 0. The molecule has 2 aromatic heterocycles. The molecule has 1 aromatic carbocycles. The maximum Gasteiger partial charge on any atom is 0.160 e. The zero-order valence-electron chi connectivity index (χ0n) is 8.71. The van der Waals surface area contributed by atoms with Gasteiger partial charge >= 0.3 is 0 Å². The Bertz CT molecular complexity index is 666. The molecular weight excluding hydrogens is 282 g/mol. The lowest BCUT2D eigenvalue weighted by atomic mass is 10.2. The second kappa shape index (κ2) is 3.81. The van der Waals surface area contributed by atoms with Crippen LogP contribution in [0.25, 0.3) is 16.6 Å². The van der Waals surface area contributed by atoms with Crippen molar-refractivity contribution in [1.82, 2.24) is 20.0 Å². The van der Waals surface area contributed by atoms with Crippen LogP contribution >= 0.6 is 15.9 Å². The number of aromatic nitrogens is 4. The van der Waals surface area contributed by atoms with Gasteiger partial charge in [0.15, 0.2) is 5.82 Å². The van der Waals surface area contributed by atoms with E-state index >= 15 is 0 Å². The predicted molar refractivity (Wildman–Crippen MR) is 68.8 cm³/mol. The van der Waals surface area contributed by atoms with E-state index in [1.165, 1.54) is 0 Å². The highest BCUT2D eigenvalue weighted by Crippen LogP contribution is 2.23. The lowest BCUT2D eigenvalue weighted by molar-refractivity contribution is 0.877. The molecule has 3 aromatic rings. The normalized spacial score (nSPS) is 10.9. The molecular formula is C11H8BrN5. The van der Waals surface area contributed by atoms with Crippen LogP contribution in [0.3, 0.4) is 0 Å². The Hall–Kier alpha value is -1.95. The molecule has 0 spiro atoms. The Kier molecular flexibility index (Phi) is 2.29. The number of nitrogen functional groups attached to an aromatic ring is 1. The van der Waals surface area contributed by atoms with Crippen LogP contribution in [-0.4, -0.2) is 20.0 Å². The van der Waals surface area contributed by atoms with Gasteiger partial charge in [0.1, 0.15) is 0 Å². The third-order valence-corrected chi connectivity index (χ3v) is 3.08. The molecule has 0 aliphatic rings. The molecule has 2 N–H and O–H groups in total. The number of benzene rings is 1. The van der Waals surface area contributed by atoms with Gasteiger partial charge in [0.2, 0.25) is 0 Å². The summed E-state index contributed by atoms with van der Waals surface area (Å²) in [6.45, 7) is 0. The number of hydrogen-bond acceptors (Lipinski definition) is 4. The minimum absolute atomic E-state index is 0.450. The van der Waals surface area contributed by atoms with Gasteiger partial charge in [-0.05, 0) is 22.0 Å². The van der Waals surface area contributed by atoms with Gasteiger partial charge in [-0.3, -0.25) is 0 Å². The van der Waals surface area contributed by atoms with Crippen molar-refractivity contribution in [2.75, 3.05) is 5.73 Å². The van der Waals surface area contributed by atoms with Crippen molar-refractivity contribution in [1.29, 1.82) is 0 Å². The molecule has 0 aliphatic heterocycles. The minimum atomic E-state index is 0.450. The summed E-state index contributed by atoms with van der Waals surface area (Å²) >= 11 is 3.33. The van der Waals surface area contributed by atoms with Crippen LogP contribution in [0.4, 0.5) is 5.82 Å². The van der Waals surface area contributed by atoms with Gasteiger partial charge in [-0.25, -0.2) is 4.68 Å². The van der Waals surface area contributed by atoms with Crippen LogP contribution in [0, 0.1) is 0 Å². The SMILES string of the molecule is Nc1nn(-c2cnnc3ccccc23)cc1Br. The van der Waals surface area contributed by atoms with E-state index in [-0.39, 0.29) is 0 Å². The first-order chi connectivity index (χ1) is 8.25. The summed E-state index contributed by atoms with van der Waals surface area (Å²) in [5, 5.41) is 13.2. The number of anilines is 1. The summed E-state index contributed by atoms with van der Waals surface area (Å²) in [6, 6.07) is 7.77. The molecule has 3 rings (SSSR count). The highest BCUT2D eigenvalue weighted by atomic mass is 79.9. The molecule has 0 radical (unpaired) electrons. The van der Waals surface area contributed by atoms with Crippen LogP contribution in [-0.2, 0) is 0 Å². The maximum atomic E-state index is 5.71. The molecule has 0 bridgehead atoms. The van der Waals surface area contributed by atoms with E-state index in [1.54, 1.807) is 17.1 Å². The number of rotatable bonds is 1. The van der Waals surface area contributed by atoms with Gasteiger partial charge in [-0.15, -0.1) is 5.10 Å². The van der Waals surface area contributed by atoms with Crippen LogP contribution in [0.15, 0.2) is 41.1 Å². The van der Waals surface area contributed by atoms with Crippen LogP contribution in [0.1, 0.15) is 0 Å². The molecule has 0 fully saturated rings. The second-order valence-corrected chi connectivity index (χ2v) is 4.41. The molecule has 0 saturated heterocycles. The number of hydrogen-bond donors (Lipinski definition) is 1. The first-order valence-electron chi connectivity index (χ1n) is 4.97. The molecule has 84 valence electrons. The molecule has 0 aliphatic carbocycles. The molecule has 2 heterocycles. The quantitative estimate of drug-likeness (QED) is 0.745. The maximum absolute atomic E-state index is 5.71. The summed E-state index contributed by atoms with van der Waals surface area (Å²) in [6.07, 6.45) is 3.47. The number of halogens is 1. The van der Waals surface area contributed by atoms with Crippen molar-refractivity contribution < 1.29 is 0 Å². The Morgan fingerprint density at radius 1 is 1.24 bits per heavy atom.